The Morgan fingerprint density at radius 3 is 2.85 bits per heavy atom. The van der Waals surface area contributed by atoms with Crippen LogP contribution in [0.4, 0.5) is 0 Å². The van der Waals surface area contributed by atoms with Crippen LogP contribution in [0.5, 0.6) is 0 Å². The third-order valence-electron chi connectivity index (χ3n) is 2.40. The summed E-state index contributed by atoms with van der Waals surface area (Å²) in [5, 5.41) is 0. The minimum atomic E-state index is 1.02. The van der Waals surface area contributed by atoms with Gasteiger partial charge in [0.1, 0.15) is 0 Å². The fourth-order valence-electron chi connectivity index (χ4n) is 1.63. The molecule has 0 saturated carbocycles. The molecule has 13 heavy (non-hydrogen) atoms. The molecule has 0 amide bonds. The fourth-order valence-corrected chi connectivity index (χ4v) is 1.78. The highest BCUT2D eigenvalue weighted by Gasteiger charge is 2.11. The number of allylic oxidation sites excluding steroid dienone is 5. The summed E-state index contributed by atoms with van der Waals surface area (Å²) < 4.78 is 0. The first kappa shape index (κ1) is 8.70. The van der Waals surface area contributed by atoms with E-state index >= 15 is 0 Å². The lowest BCUT2D eigenvalue weighted by Gasteiger charge is -2.27. The van der Waals surface area contributed by atoms with Gasteiger partial charge in [-0.15, -0.1) is 0 Å². The van der Waals surface area contributed by atoms with E-state index in [-0.39, 0.29) is 0 Å². The Morgan fingerprint density at radius 1 is 1.31 bits per heavy atom. The van der Waals surface area contributed by atoms with Crippen LogP contribution < -0.4 is 0 Å². The molecule has 0 atom stereocenters. The Morgan fingerprint density at radius 2 is 2.23 bits per heavy atom. The van der Waals surface area contributed by atoms with Crippen molar-refractivity contribution in [1.82, 2.24) is 4.90 Å². The molecule has 0 spiro atoms. The van der Waals surface area contributed by atoms with Crippen molar-refractivity contribution >= 4 is 17.1 Å². The van der Waals surface area contributed by atoms with Gasteiger partial charge in [-0.3, -0.25) is 0 Å². The Kier molecular flexibility index (Phi) is 2.60. The summed E-state index contributed by atoms with van der Waals surface area (Å²) in [7, 11) is 0. The number of rotatable bonds is 1. The topological polar surface area (TPSA) is 3.24 Å². The van der Waals surface area contributed by atoms with Gasteiger partial charge in [-0.25, -0.2) is 0 Å². The average Bonchev–Trinajstić information content (AvgIpc) is 2.20. The van der Waals surface area contributed by atoms with Gasteiger partial charge in [-0.2, -0.15) is 0 Å². The van der Waals surface area contributed by atoms with E-state index in [0.717, 1.165) is 24.3 Å². The standard InChI is InChI=1S/C11H13NS/c13-11-6-8-12(9-7-11)10-4-2-1-3-5-10/h1-2,4,6,8H,3,5,7,9H2. The van der Waals surface area contributed by atoms with Crippen molar-refractivity contribution in [3.8, 4) is 0 Å². The van der Waals surface area contributed by atoms with Crippen LogP contribution in [-0.4, -0.2) is 16.3 Å². The van der Waals surface area contributed by atoms with Crippen molar-refractivity contribution in [3.05, 3.63) is 36.2 Å². The molecule has 2 rings (SSSR count). The molecule has 0 N–H and O–H groups in total. The SMILES string of the molecule is S=C1C=CN(C2=CC=CCC2)CC1. The van der Waals surface area contributed by atoms with Gasteiger partial charge in [0.2, 0.25) is 0 Å². The fraction of sp³-hybridized carbons (Fsp3) is 0.364. The van der Waals surface area contributed by atoms with Crippen molar-refractivity contribution in [1.29, 1.82) is 0 Å². The van der Waals surface area contributed by atoms with Gasteiger partial charge in [0, 0.05) is 29.7 Å². The smallest absolute Gasteiger partial charge is 0.0270 e. The van der Waals surface area contributed by atoms with Gasteiger partial charge < -0.3 is 4.90 Å². The van der Waals surface area contributed by atoms with E-state index < -0.39 is 0 Å². The molecule has 1 aliphatic heterocycles. The van der Waals surface area contributed by atoms with Gasteiger partial charge in [0.05, 0.1) is 0 Å². The maximum atomic E-state index is 5.11. The van der Waals surface area contributed by atoms with Crippen molar-refractivity contribution in [2.45, 2.75) is 19.3 Å². The van der Waals surface area contributed by atoms with Crippen molar-refractivity contribution < 1.29 is 0 Å². The van der Waals surface area contributed by atoms with Crippen molar-refractivity contribution in [2.24, 2.45) is 0 Å². The molecule has 0 saturated heterocycles. The molecule has 0 fully saturated rings. The Balaban J connectivity index is 2.09. The van der Waals surface area contributed by atoms with Crippen LogP contribution >= 0.6 is 12.2 Å². The Hall–Kier alpha value is -0.890. The summed E-state index contributed by atoms with van der Waals surface area (Å²) >= 11 is 5.11. The minimum absolute atomic E-state index is 1.02. The molecule has 0 aromatic carbocycles. The Labute approximate surface area is 84.4 Å². The monoisotopic (exact) mass is 191 g/mol. The Bertz CT molecular complexity index is 299. The van der Waals surface area contributed by atoms with E-state index in [1.165, 1.54) is 12.1 Å². The minimum Gasteiger partial charge on any atom is -0.351 e. The second-order valence-corrected chi connectivity index (χ2v) is 3.87. The van der Waals surface area contributed by atoms with E-state index in [4.69, 9.17) is 12.2 Å². The lowest BCUT2D eigenvalue weighted by atomic mass is 10.1. The first-order valence-electron chi connectivity index (χ1n) is 4.69. The molecule has 1 aliphatic carbocycles. The maximum Gasteiger partial charge on any atom is 0.0270 e. The molecule has 68 valence electrons. The van der Waals surface area contributed by atoms with Crippen LogP contribution in [0.25, 0.3) is 0 Å². The van der Waals surface area contributed by atoms with E-state index in [1.54, 1.807) is 0 Å². The second-order valence-electron chi connectivity index (χ2n) is 3.35. The highest BCUT2D eigenvalue weighted by atomic mass is 32.1. The van der Waals surface area contributed by atoms with Gasteiger partial charge >= 0.3 is 0 Å². The van der Waals surface area contributed by atoms with Crippen molar-refractivity contribution in [3.63, 3.8) is 0 Å². The van der Waals surface area contributed by atoms with Crippen LogP contribution in [0.3, 0.4) is 0 Å². The van der Waals surface area contributed by atoms with Gasteiger partial charge in [0.15, 0.2) is 0 Å². The summed E-state index contributed by atoms with van der Waals surface area (Å²) in [6, 6.07) is 0. The second kappa shape index (κ2) is 3.88. The van der Waals surface area contributed by atoms with Crippen LogP contribution in [0.1, 0.15) is 19.3 Å². The first-order chi connectivity index (χ1) is 6.36. The molecule has 1 nitrogen and oxygen atoms in total. The maximum absolute atomic E-state index is 5.11. The zero-order chi connectivity index (χ0) is 9.10. The van der Waals surface area contributed by atoms with Gasteiger partial charge in [-0.05, 0) is 25.0 Å². The molecule has 0 aromatic rings. The molecule has 0 radical (unpaired) electrons. The lowest BCUT2D eigenvalue weighted by Crippen LogP contribution is -2.23. The normalized spacial score (nSPS) is 22.0. The molecule has 2 heteroatoms. The third kappa shape index (κ3) is 2.07. The van der Waals surface area contributed by atoms with E-state index in [9.17, 15) is 0 Å². The third-order valence-corrected chi connectivity index (χ3v) is 2.74. The van der Waals surface area contributed by atoms with Crippen LogP contribution in [0.15, 0.2) is 36.2 Å². The molecule has 1 heterocycles. The summed E-state index contributed by atoms with van der Waals surface area (Å²) in [5.41, 5.74) is 1.42. The quantitative estimate of drug-likeness (QED) is 0.586. The summed E-state index contributed by atoms with van der Waals surface area (Å²) in [6.07, 6.45) is 14.0. The molecule has 2 aliphatic rings. The number of thiocarbonyl (C=S) groups is 1. The summed E-state index contributed by atoms with van der Waals surface area (Å²) in [5.74, 6) is 0. The number of nitrogens with zero attached hydrogens (tertiary/aromatic N) is 1. The van der Waals surface area contributed by atoms with E-state index in [2.05, 4.69) is 29.3 Å². The number of hydrogen-bond donors (Lipinski definition) is 0. The predicted octanol–water partition coefficient (Wildman–Crippen LogP) is 2.81. The van der Waals surface area contributed by atoms with Gasteiger partial charge in [0.25, 0.3) is 0 Å². The van der Waals surface area contributed by atoms with Gasteiger partial charge in [-0.1, -0.05) is 24.4 Å². The summed E-state index contributed by atoms with van der Waals surface area (Å²) in [6.45, 7) is 1.05. The zero-order valence-corrected chi connectivity index (χ0v) is 8.39. The van der Waals surface area contributed by atoms with Crippen LogP contribution in [0.2, 0.25) is 0 Å². The molecule has 0 aromatic heterocycles. The largest absolute Gasteiger partial charge is 0.351 e. The van der Waals surface area contributed by atoms with E-state index in [0.29, 0.717) is 0 Å². The average molecular weight is 191 g/mol. The molecular formula is C11H13NS. The molecule has 0 bridgehead atoms. The van der Waals surface area contributed by atoms with Crippen LogP contribution in [-0.2, 0) is 0 Å². The first-order valence-corrected chi connectivity index (χ1v) is 5.10. The van der Waals surface area contributed by atoms with Crippen molar-refractivity contribution in [2.75, 3.05) is 6.54 Å². The predicted molar refractivity (Wildman–Crippen MR) is 59.5 cm³/mol. The lowest BCUT2D eigenvalue weighted by molar-refractivity contribution is 0.451. The summed E-state index contributed by atoms with van der Waals surface area (Å²) in [4.78, 5) is 3.38. The zero-order valence-electron chi connectivity index (χ0n) is 7.57. The van der Waals surface area contributed by atoms with Crippen LogP contribution in [0, 0.1) is 0 Å². The molecular weight excluding hydrogens is 178 g/mol. The molecule has 0 unspecified atom stereocenters. The highest BCUT2D eigenvalue weighted by molar-refractivity contribution is 7.80. The highest BCUT2D eigenvalue weighted by Crippen LogP contribution is 2.19. The van der Waals surface area contributed by atoms with E-state index in [1.807, 2.05) is 6.08 Å². The number of hydrogen-bond acceptors (Lipinski definition) is 2.